The van der Waals surface area contributed by atoms with Crippen molar-refractivity contribution >= 4 is 17.6 Å². The molecule has 1 aromatic heterocycles. The maximum Gasteiger partial charge on any atom is 0.332 e. The van der Waals surface area contributed by atoms with Crippen LogP contribution in [0.15, 0.2) is 60.9 Å². The Morgan fingerprint density at radius 3 is 2.47 bits per heavy atom. The fraction of sp³-hybridized carbons (Fsp3) is 0.286. The van der Waals surface area contributed by atoms with E-state index in [1.807, 2.05) is 37.3 Å². The van der Waals surface area contributed by atoms with Crippen LogP contribution in [0.3, 0.4) is 0 Å². The van der Waals surface area contributed by atoms with Gasteiger partial charge in [0.2, 0.25) is 0 Å². The van der Waals surface area contributed by atoms with Crippen LogP contribution in [0.2, 0.25) is 0 Å². The van der Waals surface area contributed by atoms with Crippen molar-refractivity contribution in [3.8, 4) is 5.75 Å². The Balaban J connectivity index is 1.63. The van der Waals surface area contributed by atoms with Gasteiger partial charge in [0.25, 0.3) is 5.91 Å². The molecular formula is C21H23N5O4. The molecule has 0 spiro atoms. The first kappa shape index (κ1) is 21.0. The van der Waals surface area contributed by atoms with Crippen LogP contribution >= 0.6 is 0 Å². The monoisotopic (exact) mass is 409 g/mol. The summed E-state index contributed by atoms with van der Waals surface area (Å²) in [6, 6.07) is 15.6. The summed E-state index contributed by atoms with van der Waals surface area (Å²) >= 11 is 0. The molecule has 0 saturated heterocycles. The summed E-state index contributed by atoms with van der Waals surface area (Å²) < 4.78 is 12.1. The van der Waals surface area contributed by atoms with Crippen molar-refractivity contribution in [3.05, 3.63) is 66.5 Å². The van der Waals surface area contributed by atoms with Gasteiger partial charge in [-0.15, -0.1) is 5.10 Å². The maximum absolute atomic E-state index is 12.8. The largest absolute Gasteiger partial charge is 0.494 e. The van der Waals surface area contributed by atoms with Crippen molar-refractivity contribution in [2.45, 2.75) is 32.4 Å². The van der Waals surface area contributed by atoms with Crippen LogP contribution in [0.4, 0.5) is 5.69 Å². The van der Waals surface area contributed by atoms with Gasteiger partial charge < -0.3 is 14.8 Å². The Bertz CT molecular complexity index is 945. The standard InChI is InChI=1S/C21H23N5O4/c1-3-29-18-11-9-17(10-12-18)23-20(27)15(2)30-21(28)19(26-14-22-24-25-26)13-16-7-5-4-6-8-16/h4-12,14-15,19H,3,13H2,1-2H3,(H,23,27)/t15-,19-/m1/s1. The molecule has 0 bridgehead atoms. The molecule has 1 amide bonds. The van der Waals surface area contributed by atoms with E-state index in [2.05, 4.69) is 20.8 Å². The van der Waals surface area contributed by atoms with Gasteiger partial charge in [-0.3, -0.25) is 4.79 Å². The van der Waals surface area contributed by atoms with Crippen LogP contribution in [0.1, 0.15) is 25.5 Å². The molecule has 2 atom stereocenters. The first-order valence-corrected chi connectivity index (χ1v) is 9.57. The minimum absolute atomic E-state index is 0.331. The summed E-state index contributed by atoms with van der Waals surface area (Å²) in [5.74, 6) is -0.330. The number of rotatable bonds is 9. The lowest BCUT2D eigenvalue weighted by molar-refractivity contribution is -0.156. The molecule has 0 saturated carbocycles. The van der Waals surface area contributed by atoms with Crippen molar-refractivity contribution < 1.29 is 19.1 Å². The third kappa shape index (κ3) is 5.63. The third-order valence-corrected chi connectivity index (χ3v) is 4.32. The number of tetrazole rings is 1. The van der Waals surface area contributed by atoms with Crippen LogP contribution in [0, 0.1) is 0 Å². The van der Waals surface area contributed by atoms with Gasteiger partial charge in [0.15, 0.2) is 12.1 Å². The summed E-state index contributed by atoms with van der Waals surface area (Å²) in [5.41, 5.74) is 1.49. The molecule has 0 radical (unpaired) electrons. The number of esters is 1. The van der Waals surface area contributed by atoms with E-state index in [4.69, 9.17) is 9.47 Å². The van der Waals surface area contributed by atoms with Gasteiger partial charge in [0, 0.05) is 12.1 Å². The highest BCUT2D eigenvalue weighted by atomic mass is 16.5. The molecular weight excluding hydrogens is 386 g/mol. The Kier molecular flexibility index (Phi) is 7.09. The Hall–Kier alpha value is -3.75. The molecule has 1 N–H and O–H groups in total. The summed E-state index contributed by atoms with van der Waals surface area (Å²) in [6.45, 7) is 3.97. The van der Waals surface area contributed by atoms with E-state index in [-0.39, 0.29) is 0 Å². The fourth-order valence-electron chi connectivity index (χ4n) is 2.78. The number of benzene rings is 2. The molecule has 30 heavy (non-hydrogen) atoms. The van der Waals surface area contributed by atoms with E-state index in [9.17, 15) is 9.59 Å². The SMILES string of the molecule is CCOc1ccc(NC(=O)[C@@H](C)OC(=O)[C@@H](Cc2ccccc2)n2cnnn2)cc1. The smallest absolute Gasteiger partial charge is 0.332 e. The van der Waals surface area contributed by atoms with E-state index in [0.29, 0.717) is 24.5 Å². The number of hydrogen-bond acceptors (Lipinski definition) is 7. The van der Waals surface area contributed by atoms with Crippen molar-refractivity contribution in [1.82, 2.24) is 20.2 Å². The number of hydrogen-bond donors (Lipinski definition) is 1. The van der Waals surface area contributed by atoms with E-state index < -0.39 is 24.0 Å². The summed E-state index contributed by atoms with van der Waals surface area (Å²) in [5, 5.41) is 13.7. The molecule has 0 aliphatic carbocycles. The zero-order valence-corrected chi connectivity index (χ0v) is 16.8. The number of nitrogens with zero attached hydrogens (tertiary/aromatic N) is 4. The topological polar surface area (TPSA) is 108 Å². The molecule has 0 aliphatic heterocycles. The van der Waals surface area contributed by atoms with E-state index in [0.717, 1.165) is 5.56 Å². The number of aromatic nitrogens is 4. The molecule has 156 valence electrons. The van der Waals surface area contributed by atoms with Crippen molar-refractivity contribution in [3.63, 3.8) is 0 Å². The van der Waals surface area contributed by atoms with Gasteiger partial charge in [-0.2, -0.15) is 0 Å². The van der Waals surface area contributed by atoms with Gasteiger partial charge in [-0.25, -0.2) is 9.48 Å². The molecule has 3 rings (SSSR count). The van der Waals surface area contributed by atoms with E-state index >= 15 is 0 Å². The molecule has 0 unspecified atom stereocenters. The number of carbonyl (C=O) groups is 2. The van der Waals surface area contributed by atoms with Crippen LogP contribution in [-0.2, 0) is 20.7 Å². The first-order valence-electron chi connectivity index (χ1n) is 9.57. The molecule has 9 nitrogen and oxygen atoms in total. The predicted molar refractivity (Wildman–Crippen MR) is 109 cm³/mol. The van der Waals surface area contributed by atoms with Gasteiger partial charge in [-0.05, 0) is 54.1 Å². The van der Waals surface area contributed by atoms with Crippen LogP contribution in [0.5, 0.6) is 5.75 Å². The number of anilines is 1. The van der Waals surface area contributed by atoms with Crippen molar-refractivity contribution in [2.75, 3.05) is 11.9 Å². The first-order chi connectivity index (χ1) is 14.6. The summed E-state index contributed by atoms with van der Waals surface area (Å²) in [6.07, 6.45) is 0.677. The molecule has 9 heteroatoms. The summed E-state index contributed by atoms with van der Waals surface area (Å²) in [4.78, 5) is 25.3. The van der Waals surface area contributed by atoms with Gasteiger partial charge in [-0.1, -0.05) is 30.3 Å². The number of amides is 1. The number of ether oxygens (including phenoxy) is 2. The molecule has 1 heterocycles. The lowest BCUT2D eigenvalue weighted by atomic mass is 10.1. The Morgan fingerprint density at radius 1 is 1.10 bits per heavy atom. The maximum atomic E-state index is 12.8. The molecule has 0 aliphatic rings. The number of nitrogens with one attached hydrogen (secondary N) is 1. The second-order valence-electron chi connectivity index (χ2n) is 6.52. The van der Waals surface area contributed by atoms with Gasteiger partial charge >= 0.3 is 5.97 Å². The van der Waals surface area contributed by atoms with E-state index in [1.54, 1.807) is 24.3 Å². The van der Waals surface area contributed by atoms with Gasteiger partial charge in [0.05, 0.1) is 6.61 Å². The van der Waals surface area contributed by atoms with Crippen molar-refractivity contribution in [2.24, 2.45) is 0 Å². The second kappa shape index (κ2) is 10.1. The molecule has 2 aromatic carbocycles. The third-order valence-electron chi connectivity index (χ3n) is 4.32. The Labute approximate surface area is 174 Å². The minimum atomic E-state index is -1.00. The normalized spacial score (nSPS) is 12.6. The highest BCUT2D eigenvalue weighted by Crippen LogP contribution is 2.18. The summed E-state index contributed by atoms with van der Waals surface area (Å²) in [7, 11) is 0. The minimum Gasteiger partial charge on any atom is -0.494 e. The lowest BCUT2D eigenvalue weighted by Gasteiger charge is -2.19. The Morgan fingerprint density at radius 2 is 1.83 bits per heavy atom. The average molecular weight is 409 g/mol. The van der Waals surface area contributed by atoms with Crippen LogP contribution in [0.25, 0.3) is 0 Å². The highest BCUT2D eigenvalue weighted by molar-refractivity contribution is 5.95. The van der Waals surface area contributed by atoms with Crippen LogP contribution in [-0.4, -0.2) is 44.8 Å². The molecule has 0 fully saturated rings. The zero-order valence-electron chi connectivity index (χ0n) is 16.8. The zero-order chi connectivity index (χ0) is 21.3. The fourth-order valence-corrected chi connectivity index (χ4v) is 2.78. The predicted octanol–water partition coefficient (Wildman–Crippen LogP) is 2.43. The van der Waals surface area contributed by atoms with E-state index in [1.165, 1.54) is 17.9 Å². The average Bonchev–Trinajstić information content (AvgIpc) is 3.28. The lowest BCUT2D eigenvalue weighted by Crippen LogP contribution is -2.34. The van der Waals surface area contributed by atoms with Crippen molar-refractivity contribution in [1.29, 1.82) is 0 Å². The van der Waals surface area contributed by atoms with Crippen LogP contribution < -0.4 is 10.1 Å². The van der Waals surface area contributed by atoms with Gasteiger partial charge in [0.1, 0.15) is 12.1 Å². The quantitative estimate of drug-likeness (QED) is 0.541. The highest BCUT2D eigenvalue weighted by Gasteiger charge is 2.27. The molecule has 3 aromatic rings. The second-order valence-corrected chi connectivity index (χ2v) is 6.52. The number of carbonyl (C=O) groups excluding carboxylic acids is 2.